The third-order valence-corrected chi connectivity index (χ3v) is 8.15. The highest BCUT2D eigenvalue weighted by Crippen LogP contribution is 2.38. The standard InChI is InChI=1S/C35H32N6/c1-2-7-26(8-3-1)30-21-32(29-9-6-17-36-22-29)39-34(30)28-13-11-25(12-14-28)24-41-19-15-27(16-20-41)33-23-38-35(40-33)31-10-4-5-18-37-31/h1-14,17-18,21-23,27,34H,15-16,19-20,24H2,(H,38,40). The fourth-order valence-electron chi connectivity index (χ4n) is 5.91. The lowest BCUT2D eigenvalue weighted by molar-refractivity contribution is 0.203. The number of hydrogen-bond donors (Lipinski definition) is 1. The molecule has 3 aromatic heterocycles. The van der Waals surface area contributed by atoms with E-state index in [1.807, 2.05) is 42.9 Å². The summed E-state index contributed by atoms with van der Waals surface area (Å²) in [4.78, 5) is 24.5. The zero-order valence-corrected chi connectivity index (χ0v) is 22.9. The van der Waals surface area contributed by atoms with Crippen LogP contribution in [-0.2, 0) is 6.54 Å². The Kier molecular flexibility index (Phi) is 7.06. The number of aromatic nitrogens is 4. The van der Waals surface area contributed by atoms with Gasteiger partial charge in [-0.25, -0.2) is 4.98 Å². The number of likely N-dealkylation sites (tertiary alicyclic amines) is 1. The molecule has 0 saturated carbocycles. The highest BCUT2D eigenvalue weighted by atomic mass is 15.1. The maximum absolute atomic E-state index is 5.15. The fourth-order valence-corrected chi connectivity index (χ4v) is 5.91. The Morgan fingerprint density at radius 3 is 2.32 bits per heavy atom. The summed E-state index contributed by atoms with van der Waals surface area (Å²) in [5.74, 6) is 1.36. The van der Waals surface area contributed by atoms with Gasteiger partial charge in [0.2, 0.25) is 0 Å². The number of benzene rings is 2. The lowest BCUT2D eigenvalue weighted by Gasteiger charge is -2.31. The van der Waals surface area contributed by atoms with Gasteiger partial charge >= 0.3 is 0 Å². The number of rotatable bonds is 7. The smallest absolute Gasteiger partial charge is 0.156 e. The number of piperidine rings is 1. The molecule has 41 heavy (non-hydrogen) atoms. The van der Waals surface area contributed by atoms with Crippen molar-refractivity contribution in [2.24, 2.45) is 4.99 Å². The molecule has 0 amide bonds. The first-order valence-corrected chi connectivity index (χ1v) is 14.3. The molecule has 0 spiro atoms. The van der Waals surface area contributed by atoms with E-state index in [0.717, 1.165) is 55.3 Å². The van der Waals surface area contributed by atoms with E-state index in [9.17, 15) is 0 Å². The van der Waals surface area contributed by atoms with Crippen LogP contribution in [0, 0.1) is 0 Å². The molecule has 202 valence electrons. The van der Waals surface area contributed by atoms with E-state index in [4.69, 9.17) is 4.99 Å². The fraction of sp³-hybridized carbons (Fsp3) is 0.200. The summed E-state index contributed by atoms with van der Waals surface area (Å²) in [5.41, 5.74) is 9.13. The molecule has 1 saturated heterocycles. The van der Waals surface area contributed by atoms with Crippen LogP contribution in [0.15, 0.2) is 121 Å². The molecule has 0 bridgehead atoms. The average molecular weight is 537 g/mol. The van der Waals surface area contributed by atoms with Crippen molar-refractivity contribution in [1.29, 1.82) is 0 Å². The Balaban J connectivity index is 1.01. The predicted molar refractivity (Wildman–Crippen MR) is 163 cm³/mol. The van der Waals surface area contributed by atoms with E-state index in [1.165, 1.54) is 28.0 Å². The van der Waals surface area contributed by atoms with E-state index in [1.54, 1.807) is 6.20 Å². The molecular weight excluding hydrogens is 504 g/mol. The minimum absolute atomic E-state index is 0.0252. The molecule has 1 N–H and O–H groups in total. The molecule has 2 aliphatic rings. The first-order chi connectivity index (χ1) is 20.3. The van der Waals surface area contributed by atoms with Crippen molar-refractivity contribution in [3.05, 3.63) is 144 Å². The lowest BCUT2D eigenvalue weighted by Crippen LogP contribution is -2.32. The van der Waals surface area contributed by atoms with Crippen LogP contribution in [0.25, 0.3) is 17.1 Å². The van der Waals surface area contributed by atoms with Crippen LogP contribution in [-0.4, -0.2) is 43.6 Å². The van der Waals surface area contributed by atoms with Gasteiger partial charge in [0, 0.05) is 48.5 Å². The van der Waals surface area contributed by atoms with E-state index in [-0.39, 0.29) is 6.04 Å². The normalized spacial score (nSPS) is 17.8. The van der Waals surface area contributed by atoms with Gasteiger partial charge in [0.05, 0.1) is 5.71 Å². The molecule has 5 heterocycles. The number of hydrogen-bond acceptors (Lipinski definition) is 5. The summed E-state index contributed by atoms with van der Waals surface area (Å²) in [6.45, 7) is 3.12. The van der Waals surface area contributed by atoms with Gasteiger partial charge in [-0.3, -0.25) is 19.9 Å². The molecule has 1 fully saturated rings. The average Bonchev–Trinajstić information content (AvgIpc) is 3.72. The third kappa shape index (κ3) is 5.52. The van der Waals surface area contributed by atoms with Gasteiger partial charge in [-0.05, 0) is 78.5 Å². The maximum atomic E-state index is 5.15. The summed E-state index contributed by atoms with van der Waals surface area (Å²) in [5, 5.41) is 0. The van der Waals surface area contributed by atoms with E-state index < -0.39 is 0 Å². The number of aliphatic imine (C=N–C) groups is 1. The van der Waals surface area contributed by atoms with Crippen molar-refractivity contribution in [2.45, 2.75) is 31.3 Å². The Hall–Kier alpha value is -4.68. The van der Waals surface area contributed by atoms with Crippen molar-refractivity contribution in [3.8, 4) is 11.5 Å². The topological polar surface area (TPSA) is 70.1 Å². The first-order valence-electron chi connectivity index (χ1n) is 14.3. The number of nitrogens with zero attached hydrogens (tertiary/aromatic N) is 5. The number of aromatic amines is 1. The molecule has 6 heteroatoms. The van der Waals surface area contributed by atoms with Crippen LogP contribution in [0.3, 0.4) is 0 Å². The van der Waals surface area contributed by atoms with Gasteiger partial charge in [-0.15, -0.1) is 0 Å². The molecule has 0 radical (unpaired) electrons. The first kappa shape index (κ1) is 25.3. The number of allylic oxidation sites excluding steroid dienone is 1. The Labute approximate surface area is 240 Å². The molecule has 2 aromatic carbocycles. The van der Waals surface area contributed by atoms with Crippen molar-refractivity contribution in [1.82, 2.24) is 24.8 Å². The van der Waals surface area contributed by atoms with Gasteiger partial charge in [0.25, 0.3) is 0 Å². The zero-order valence-electron chi connectivity index (χ0n) is 22.9. The summed E-state index contributed by atoms with van der Waals surface area (Å²) in [6, 6.07) is 29.6. The quantitative estimate of drug-likeness (QED) is 0.246. The molecule has 1 atom stereocenters. The summed E-state index contributed by atoms with van der Waals surface area (Å²) in [7, 11) is 0. The SMILES string of the molecule is C1=C(c2ccccc2)C(c2ccc(CN3CCC(c4cnc(-c5ccccn5)[nH]4)CC3)cc2)N=C1c1cccnc1. The molecule has 1 unspecified atom stereocenters. The summed E-state index contributed by atoms with van der Waals surface area (Å²) in [6.07, 6.45) is 12.0. The molecule has 2 aliphatic heterocycles. The second-order valence-corrected chi connectivity index (χ2v) is 10.8. The second kappa shape index (κ2) is 11.4. The van der Waals surface area contributed by atoms with E-state index in [2.05, 4.69) is 91.6 Å². The Morgan fingerprint density at radius 2 is 1.56 bits per heavy atom. The van der Waals surface area contributed by atoms with Gasteiger partial charge < -0.3 is 4.98 Å². The minimum Gasteiger partial charge on any atom is -0.340 e. The van der Waals surface area contributed by atoms with Crippen LogP contribution in [0.4, 0.5) is 0 Å². The molecule has 5 aromatic rings. The van der Waals surface area contributed by atoms with Gasteiger partial charge in [-0.1, -0.05) is 60.7 Å². The number of H-pyrrole nitrogens is 1. The van der Waals surface area contributed by atoms with Gasteiger partial charge in [0.1, 0.15) is 11.7 Å². The number of pyridine rings is 2. The highest BCUT2D eigenvalue weighted by molar-refractivity contribution is 6.15. The van der Waals surface area contributed by atoms with Gasteiger partial charge in [-0.2, -0.15) is 0 Å². The predicted octanol–water partition coefficient (Wildman–Crippen LogP) is 6.87. The van der Waals surface area contributed by atoms with E-state index >= 15 is 0 Å². The minimum atomic E-state index is -0.0252. The molecular formula is C35H32N6. The number of nitrogens with one attached hydrogen (secondary N) is 1. The second-order valence-electron chi connectivity index (χ2n) is 10.8. The Bertz CT molecular complexity index is 1650. The largest absolute Gasteiger partial charge is 0.340 e. The third-order valence-electron chi connectivity index (χ3n) is 8.15. The van der Waals surface area contributed by atoms with Crippen LogP contribution in [0.2, 0.25) is 0 Å². The summed E-state index contributed by atoms with van der Waals surface area (Å²) < 4.78 is 0. The van der Waals surface area contributed by atoms with Gasteiger partial charge in [0.15, 0.2) is 5.82 Å². The number of imidazole rings is 1. The zero-order chi connectivity index (χ0) is 27.4. The maximum Gasteiger partial charge on any atom is 0.156 e. The van der Waals surface area contributed by atoms with Crippen LogP contribution in [0.1, 0.15) is 52.7 Å². The van der Waals surface area contributed by atoms with Crippen molar-refractivity contribution >= 4 is 11.3 Å². The van der Waals surface area contributed by atoms with Crippen molar-refractivity contribution in [3.63, 3.8) is 0 Å². The van der Waals surface area contributed by atoms with Crippen LogP contribution in [0.5, 0.6) is 0 Å². The van der Waals surface area contributed by atoms with Crippen molar-refractivity contribution in [2.75, 3.05) is 13.1 Å². The van der Waals surface area contributed by atoms with Crippen LogP contribution < -0.4 is 0 Å². The van der Waals surface area contributed by atoms with Crippen molar-refractivity contribution < 1.29 is 0 Å². The lowest BCUT2D eigenvalue weighted by atomic mass is 9.92. The summed E-state index contributed by atoms with van der Waals surface area (Å²) >= 11 is 0. The molecule has 6 nitrogen and oxygen atoms in total. The molecule has 7 rings (SSSR count). The highest BCUT2D eigenvalue weighted by Gasteiger charge is 2.25. The monoisotopic (exact) mass is 536 g/mol. The van der Waals surface area contributed by atoms with Crippen LogP contribution >= 0.6 is 0 Å². The Morgan fingerprint density at radius 1 is 0.756 bits per heavy atom. The van der Waals surface area contributed by atoms with E-state index in [0.29, 0.717) is 5.92 Å². The molecule has 0 aliphatic carbocycles.